The highest BCUT2D eigenvalue weighted by molar-refractivity contribution is 7.91. The predicted octanol–water partition coefficient (Wildman–Crippen LogP) is 2.11. The van der Waals surface area contributed by atoms with Gasteiger partial charge in [-0.3, -0.25) is 9.78 Å². The summed E-state index contributed by atoms with van der Waals surface area (Å²) in [6.45, 7) is 1.16. The SMILES string of the molecule is O=C(Cc1ccc(S(=O)(=O)N2CCCC2)s1)Nc1ccncc1. The van der Waals surface area contributed by atoms with Gasteiger partial charge in [0.25, 0.3) is 10.0 Å². The van der Waals surface area contributed by atoms with Gasteiger partial charge in [-0.1, -0.05) is 0 Å². The molecular weight excluding hydrogens is 334 g/mol. The van der Waals surface area contributed by atoms with Crippen LogP contribution in [0.4, 0.5) is 5.69 Å². The standard InChI is InChI=1S/C15H17N3O3S2/c19-14(17-12-5-7-16-8-6-12)11-13-3-4-15(22-13)23(20,21)18-9-1-2-10-18/h3-8H,1-2,9-11H2,(H,16,17,19). The van der Waals surface area contributed by atoms with Gasteiger partial charge in [-0.05, 0) is 37.1 Å². The van der Waals surface area contributed by atoms with Crippen LogP contribution < -0.4 is 5.32 Å². The molecule has 0 spiro atoms. The highest BCUT2D eigenvalue weighted by atomic mass is 32.2. The minimum Gasteiger partial charge on any atom is -0.326 e. The van der Waals surface area contributed by atoms with Crippen LogP contribution >= 0.6 is 11.3 Å². The minimum absolute atomic E-state index is 0.155. The summed E-state index contributed by atoms with van der Waals surface area (Å²) < 4.78 is 26.7. The summed E-state index contributed by atoms with van der Waals surface area (Å²) in [4.78, 5) is 16.6. The van der Waals surface area contributed by atoms with E-state index in [2.05, 4.69) is 10.3 Å². The number of sulfonamides is 1. The Balaban J connectivity index is 1.66. The molecule has 23 heavy (non-hydrogen) atoms. The Hall–Kier alpha value is -1.77. The largest absolute Gasteiger partial charge is 0.326 e. The summed E-state index contributed by atoms with van der Waals surface area (Å²) in [6, 6.07) is 6.71. The highest BCUT2D eigenvalue weighted by Gasteiger charge is 2.28. The first-order valence-corrected chi connectivity index (χ1v) is 9.60. The van der Waals surface area contributed by atoms with Crippen LogP contribution in [0.5, 0.6) is 0 Å². The molecule has 6 nitrogen and oxygen atoms in total. The number of amides is 1. The lowest BCUT2D eigenvalue weighted by atomic mass is 10.3. The molecule has 0 aromatic carbocycles. The van der Waals surface area contributed by atoms with Gasteiger partial charge in [-0.15, -0.1) is 11.3 Å². The third kappa shape index (κ3) is 3.77. The molecule has 1 aliphatic rings. The number of thiophene rings is 1. The molecule has 0 bridgehead atoms. The normalized spacial score (nSPS) is 15.7. The van der Waals surface area contributed by atoms with Crippen LogP contribution in [0.1, 0.15) is 17.7 Å². The van der Waals surface area contributed by atoms with Gasteiger partial charge in [-0.25, -0.2) is 8.42 Å². The Morgan fingerprint density at radius 2 is 1.87 bits per heavy atom. The van der Waals surface area contributed by atoms with Gasteiger partial charge >= 0.3 is 0 Å². The molecule has 0 atom stereocenters. The third-order valence-electron chi connectivity index (χ3n) is 3.60. The van der Waals surface area contributed by atoms with Crippen molar-refractivity contribution in [1.29, 1.82) is 0 Å². The van der Waals surface area contributed by atoms with Gasteiger partial charge in [0, 0.05) is 36.0 Å². The molecule has 3 rings (SSSR count). The average Bonchev–Trinajstić information content (AvgIpc) is 3.20. The van der Waals surface area contributed by atoms with Crippen LogP contribution in [-0.4, -0.2) is 36.7 Å². The molecule has 2 aromatic heterocycles. The number of carbonyl (C=O) groups is 1. The maximum absolute atomic E-state index is 12.5. The van der Waals surface area contributed by atoms with Gasteiger partial charge in [-0.2, -0.15) is 4.31 Å². The number of aromatic nitrogens is 1. The smallest absolute Gasteiger partial charge is 0.252 e. The zero-order valence-corrected chi connectivity index (χ0v) is 14.1. The van der Waals surface area contributed by atoms with Gasteiger partial charge in [0.1, 0.15) is 4.21 Å². The Labute approximate surface area is 139 Å². The number of pyridine rings is 1. The first-order valence-electron chi connectivity index (χ1n) is 7.34. The summed E-state index contributed by atoms with van der Waals surface area (Å²) >= 11 is 1.16. The zero-order valence-electron chi connectivity index (χ0n) is 12.4. The van der Waals surface area contributed by atoms with Crippen molar-refractivity contribution in [3.63, 3.8) is 0 Å². The predicted molar refractivity (Wildman–Crippen MR) is 88.9 cm³/mol. The summed E-state index contributed by atoms with van der Waals surface area (Å²) in [5.41, 5.74) is 0.673. The summed E-state index contributed by atoms with van der Waals surface area (Å²) in [7, 11) is -3.40. The molecule has 3 heterocycles. The van der Waals surface area contributed by atoms with Crippen molar-refractivity contribution in [3.8, 4) is 0 Å². The molecule has 1 aliphatic heterocycles. The quantitative estimate of drug-likeness (QED) is 0.895. The average molecular weight is 351 g/mol. The van der Waals surface area contributed by atoms with Crippen molar-refractivity contribution >= 4 is 33.0 Å². The first kappa shape index (κ1) is 16.1. The highest BCUT2D eigenvalue weighted by Crippen LogP contribution is 2.27. The van der Waals surface area contributed by atoms with Crippen LogP contribution in [0.2, 0.25) is 0 Å². The van der Waals surface area contributed by atoms with Crippen molar-refractivity contribution in [2.75, 3.05) is 18.4 Å². The molecule has 1 saturated heterocycles. The molecule has 122 valence electrons. The Morgan fingerprint density at radius 1 is 1.17 bits per heavy atom. The molecule has 0 radical (unpaired) electrons. The van der Waals surface area contributed by atoms with E-state index in [0.29, 0.717) is 23.0 Å². The van der Waals surface area contributed by atoms with Gasteiger partial charge < -0.3 is 5.32 Å². The number of nitrogens with one attached hydrogen (secondary N) is 1. The second kappa shape index (κ2) is 6.77. The number of hydrogen-bond acceptors (Lipinski definition) is 5. The van der Waals surface area contributed by atoms with Gasteiger partial charge in [0.2, 0.25) is 5.91 Å². The second-order valence-electron chi connectivity index (χ2n) is 5.29. The second-order valence-corrected chi connectivity index (χ2v) is 8.63. The summed E-state index contributed by atoms with van der Waals surface area (Å²) in [5, 5.41) is 2.76. The number of anilines is 1. The Kier molecular flexibility index (Phi) is 4.74. The van der Waals surface area contributed by atoms with E-state index in [1.165, 1.54) is 4.31 Å². The molecule has 1 N–H and O–H groups in total. The van der Waals surface area contributed by atoms with E-state index < -0.39 is 10.0 Å². The topological polar surface area (TPSA) is 79.4 Å². The molecule has 0 unspecified atom stereocenters. The fraction of sp³-hybridized carbons (Fsp3) is 0.333. The van der Waals surface area contributed by atoms with Crippen molar-refractivity contribution in [1.82, 2.24) is 9.29 Å². The van der Waals surface area contributed by atoms with Crippen molar-refractivity contribution < 1.29 is 13.2 Å². The molecule has 0 aliphatic carbocycles. The Morgan fingerprint density at radius 3 is 2.57 bits per heavy atom. The molecule has 2 aromatic rings. The van der Waals surface area contributed by atoms with E-state index in [4.69, 9.17) is 0 Å². The molecule has 0 saturated carbocycles. The lowest BCUT2D eigenvalue weighted by Gasteiger charge is -2.13. The zero-order chi connectivity index (χ0) is 16.3. The van der Waals surface area contributed by atoms with Gasteiger partial charge in [0.05, 0.1) is 6.42 Å². The number of nitrogens with zero attached hydrogens (tertiary/aromatic N) is 2. The molecule has 1 fully saturated rings. The van der Waals surface area contributed by atoms with E-state index in [9.17, 15) is 13.2 Å². The summed E-state index contributed by atoms with van der Waals surface area (Å²) in [6.07, 6.45) is 5.17. The van der Waals surface area contributed by atoms with Crippen LogP contribution in [0, 0.1) is 0 Å². The van der Waals surface area contributed by atoms with Crippen LogP contribution in [0.3, 0.4) is 0 Å². The van der Waals surface area contributed by atoms with E-state index in [-0.39, 0.29) is 12.3 Å². The van der Waals surface area contributed by atoms with E-state index in [1.54, 1.807) is 36.7 Å². The monoisotopic (exact) mass is 351 g/mol. The van der Waals surface area contributed by atoms with Gasteiger partial charge in [0.15, 0.2) is 0 Å². The molecule has 8 heteroatoms. The maximum atomic E-state index is 12.5. The minimum atomic E-state index is -3.40. The Bertz CT molecular complexity index is 781. The van der Waals surface area contributed by atoms with Crippen LogP contribution in [0.15, 0.2) is 40.9 Å². The van der Waals surface area contributed by atoms with E-state index in [1.807, 2.05) is 0 Å². The lowest BCUT2D eigenvalue weighted by molar-refractivity contribution is -0.115. The van der Waals surface area contributed by atoms with Crippen molar-refractivity contribution in [2.45, 2.75) is 23.5 Å². The van der Waals surface area contributed by atoms with Crippen molar-refractivity contribution in [2.24, 2.45) is 0 Å². The lowest BCUT2D eigenvalue weighted by Crippen LogP contribution is -2.27. The fourth-order valence-electron chi connectivity index (χ4n) is 2.45. The fourth-order valence-corrected chi connectivity index (χ4v) is 5.47. The summed E-state index contributed by atoms with van der Waals surface area (Å²) in [5.74, 6) is -0.178. The van der Waals surface area contributed by atoms with Crippen LogP contribution in [0.25, 0.3) is 0 Å². The third-order valence-corrected chi connectivity index (χ3v) is 7.05. The van der Waals surface area contributed by atoms with E-state index in [0.717, 1.165) is 29.1 Å². The van der Waals surface area contributed by atoms with E-state index >= 15 is 0 Å². The molecule has 1 amide bonds. The van der Waals surface area contributed by atoms with Crippen LogP contribution in [-0.2, 0) is 21.2 Å². The number of carbonyl (C=O) groups excluding carboxylic acids is 1. The first-order chi connectivity index (χ1) is 11.1. The number of hydrogen-bond donors (Lipinski definition) is 1. The van der Waals surface area contributed by atoms with Crippen molar-refractivity contribution in [3.05, 3.63) is 41.5 Å². The maximum Gasteiger partial charge on any atom is 0.252 e. The molecular formula is C15H17N3O3S2. The number of rotatable bonds is 5.